The lowest BCUT2D eigenvalue weighted by molar-refractivity contribution is 0.294. The zero-order valence-corrected chi connectivity index (χ0v) is 17.9. The maximum Gasteiger partial charge on any atom is 0.191 e. The van der Waals surface area contributed by atoms with E-state index in [4.69, 9.17) is 9.47 Å². The SMILES string of the molecule is CCCOc1ccc(CNC(=NC)NCc2ccccc2)cc1OC.I. The second-order valence-corrected chi connectivity index (χ2v) is 5.60. The van der Waals surface area contributed by atoms with Gasteiger partial charge in [-0.05, 0) is 29.7 Å². The number of ether oxygens (including phenoxy) is 2. The van der Waals surface area contributed by atoms with Crippen molar-refractivity contribution >= 4 is 29.9 Å². The maximum absolute atomic E-state index is 5.69. The number of benzene rings is 2. The van der Waals surface area contributed by atoms with Crippen LogP contribution in [-0.4, -0.2) is 26.7 Å². The van der Waals surface area contributed by atoms with Crippen molar-refractivity contribution in [2.24, 2.45) is 4.99 Å². The van der Waals surface area contributed by atoms with Crippen molar-refractivity contribution < 1.29 is 9.47 Å². The van der Waals surface area contributed by atoms with Crippen LogP contribution in [0.2, 0.25) is 0 Å². The Morgan fingerprint density at radius 3 is 2.27 bits per heavy atom. The average molecular weight is 469 g/mol. The highest BCUT2D eigenvalue weighted by atomic mass is 127. The van der Waals surface area contributed by atoms with Crippen LogP contribution in [0, 0.1) is 0 Å². The van der Waals surface area contributed by atoms with Crippen molar-refractivity contribution in [2.75, 3.05) is 20.8 Å². The number of aliphatic imine (C=N–C) groups is 1. The van der Waals surface area contributed by atoms with E-state index in [0.29, 0.717) is 13.2 Å². The lowest BCUT2D eigenvalue weighted by Crippen LogP contribution is -2.36. The Labute approximate surface area is 173 Å². The fourth-order valence-electron chi connectivity index (χ4n) is 2.34. The number of hydrogen-bond donors (Lipinski definition) is 2. The zero-order chi connectivity index (χ0) is 17.9. The van der Waals surface area contributed by atoms with E-state index < -0.39 is 0 Å². The Balaban J connectivity index is 0.00000338. The van der Waals surface area contributed by atoms with Crippen molar-refractivity contribution in [1.29, 1.82) is 0 Å². The molecule has 0 aromatic heterocycles. The number of hydrogen-bond acceptors (Lipinski definition) is 3. The molecule has 0 bridgehead atoms. The van der Waals surface area contributed by atoms with Gasteiger partial charge in [-0.3, -0.25) is 4.99 Å². The van der Waals surface area contributed by atoms with Gasteiger partial charge in [0.05, 0.1) is 13.7 Å². The van der Waals surface area contributed by atoms with E-state index in [2.05, 4.69) is 34.7 Å². The van der Waals surface area contributed by atoms with Crippen LogP contribution in [0.15, 0.2) is 53.5 Å². The van der Waals surface area contributed by atoms with Gasteiger partial charge in [-0.2, -0.15) is 0 Å². The normalized spacial score (nSPS) is 10.7. The standard InChI is InChI=1S/C20H27N3O2.HI/c1-4-12-25-18-11-10-17(13-19(18)24-3)15-23-20(21-2)22-14-16-8-6-5-7-9-16;/h5-11,13H,4,12,14-15H2,1-3H3,(H2,21,22,23);1H. The predicted octanol–water partition coefficient (Wildman–Crippen LogP) is 3.97. The molecule has 5 nitrogen and oxygen atoms in total. The second kappa shape index (κ2) is 12.4. The number of rotatable bonds is 8. The van der Waals surface area contributed by atoms with Crippen LogP contribution < -0.4 is 20.1 Å². The van der Waals surface area contributed by atoms with E-state index >= 15 is 0 Å². The molecule has 0 saturated heterocycles. The Morgan fingerprint density at radius 1 is 0.962 bits per heavy atom. The molecule has 0 aliphatic carbocycles. The first kappa shape index (κ1) is 22.1. The van der Waals surface area contributed by atoms with Crippen molar-refractivity contribution in [3.63, 3.8) is 0 Å². The number of methoxy groups -OCH3 is 1. The van der Waals surface area contributed by atoms with Crippen LogP contribution in [0.1, 0.15) is 24.5 Å². The van der Waals surface area contributed by atoms with E-state index in [0.717, 1.165) is 36.0 Å². The molecule has 6 heteroatoms. The monoisotopic (exact) mass is 469 g/mol. The molecular formula is C20H28IN3O2. The van der Waals surface area contributed by atoms with Crippen molar-refractivity contribution in [2.45, 2.75) is 26.4 Å². The molecule has 2 rings (SSSR count). The number of nitrogens with zero attached hydrogens (tertiary/aromatic N) is 1. The summed E-state index contributed by atoms with van der Waals surface area (Å²) in [5.74, 6) is 2.29. The van der Waals surface area contributed by atoms with Crippen LogP contribution in [0.25, 0.3) is 0 Å². The molecule has 0 heterocycles. The Kier molecular flexibility index (Phi) is 10.5. The molecule has 0 aliphatic rings. The minimum atomic E-state index is 0. The first-order chi connectivity index (χ1) is 12.3. The lowest BCUT2D eigenvalue weighted by atomic mass is 10.2. The molecule has 26 heavy (non-hydrogen) atoms. The molecule has 142 valence electrons. The van der Waals surface area contributed by atoms with Gasteiger partial charge in [0.1, 0.15) is 0 Å². The summed E-state index contributed by atoms with van der Waals surface area (Å²) < 4.78 is 11.1. The molecule has 0 spiro atoms. The fourth-order valence-corrected chi connectivity index (χ4v) is 2.34. The molecule has 0 amide bonds. The molecule has 0 saturated carbocycles. The third-order valence-corrected chi connectivity index (χ3v) is 3.68. The summed E-state index contributed by atoms with van der Waals surface area (Å²) in [5, 5.41) is 6.62. The highest BCUT2D eigenvalue weighted by Gasteiger charge is 2.06. The van der Waals surface area contributed by atoms with Crippen molar-refractivity contribution in [3.8, 4) is 11.5 Å². The molecule has 2 aromatic carbocycles. The number of halogens is 1. The Hall–Kier alpha value is -1.96. The summed E-state index contributed by atoms with van der Waals surface area (Å²) in [6, 6.07) is 16.2. The summed E-state index contributed by atoms with van der Waals surface area (Å²) in [5.41, 5.74) is 2.31. The highest BCUT2D eigenvalue weighted by molar-refractivity contribution is 14.0. The van der Waals surface area contributed by atoms with Crippen molar-refractivity contribution in [3.05, 3.63) is 59.7 Å². The van der Waals surface area contributed by atoms with Crippen LogP contribution in [0.5, 0.6) is 11.5 Å². The summed E-state index contributed by atoms with van der Waals surface area (Å²) >= 11 is 0. The summed E-state index contributed by atoms with van der Waals surface area (Å²) in [7, 11) is 3.42. The molecule has 0 unspecified atom stereocenters. The van der Waals surface area contributed by atoms with Gasteiger partial charge >= 0.3 is 0 Å². The summed E-state index contributed by atoms with van der Waals surface area (Å²) in [6.07, 6.45) is 0.968. The molecule has 2 aromatic rings. The smallest absolute Gasteiger partial charge is 0.191 e. The van der Waals surface area contributed by atoms with Crippen molar-refractivity contribution in [1.82, 2.24) is 10.6 Å². The van der Waals surface area contributed by atoms with Gasteiger partial charge in [0.2, 0.25) is 0 Å². The van der Waals surface area contributed by atoms with Gasteiger partial charge in [0.15, 0.2) is 17.5 Å². The van der Waals surface area contributed by atoms with E-state index in [1.807, 2.05) is 36.4 Å². The van der Waals surface area contributed by atoms with Crippen LogP contribution >= 0.6 is 24.0 Å². The van der Waals surface area contributed by atoms with Crippen LogP contribution in [-0.2, 0) is 13.1 Å². The minimum Gasteiger partial charge on any atom is -0.493 e. The van der Waals surface area contributed by atoms with E-state index in [9.17, 15) is 0 Å². The largest absolute Gasteiger partial charge is 0.493 e. The molecule has 0 aliphatic heterocycles. The molecule has 0 radical (unpaired) electrons. The summed E-state index contributed by atoms with van der Waals surface area (Å²) in [6.45, 7) is 4.15. The van der Waals surface area contributed by atoms with Gasteiger partial charge in [-0.25, -0.2) is 0 Å². The van der Waals surface area contributed by atoms with E-state index in [1.54, 1.807) is 14.2 Å². The highest BCUT2D eigenvalue weighted by Crippen LogP contribution is 2.28. The van der Waals surface area contributed by atoms with E-state index in [-0.39, 0.29) is 24.0 Å². The number of nitrogens with one attached hydrogen (secondary N) is 2. The topological polar surface area (TPSA) is 54.9 Å². The van der Waals surface area contributed by atoms with Crippen LogP contribution in [0.4, 0.5) is 0 Å². The lowest BCUT2D eigenvalue weighted by Gasteiger charge is -2.14. The molecule has 0 atom stereocenters. The summed E-state index contributed by atoms with van der Waals surface area (Å²) in [4.78, 5) is 4.26. The molecule has 2 N–H and O–H groups in total. The quantitative estimate of drug-likeness (QED) is 0.349. The Morgan fingerprint density at radius 2 is 1.65 bits per heavy atom. The average Bonchev–Trinajstić information content (AvgIpc) is 2.67. The molecular weight excluding hydrogens is 441 g/mol. The van der Waals surface area contributed by atoms with Gasteiger partial charge in [-0.15, -0.1) is 24.0 Å². The van der Waals surface area contributed by atoms with E-state index in [1.165, 1.54) is 5.56 Å². The van der Waals surface area contributed by atoms with Gasteiger partial charge in [0.25, 0.3) is 0 Å². The third-order valence-electron chi connectivity index (χ3n) is 3.68. The second-order valence-electron chi connectivity index (χ2n) is 5.60. The minimum absolute atomic E-state index is 0. The van der Waals surface area contributed by atoms with Crippen LogP contribution in [0.3, 0.4) is 0 Å². The van der Waals surface area contributed by atoms with Gasteiger partial charge in [-0.1, -0.05) is 43.3 Å². The first-order valence-electron chi connectivity index (χ1n) is 8.55. The zero-order valence-electron chi connectivity index (χ0n) is 15.6. The molecule has 0 fully saturated rings. The predicted molar refractivity (Wildman–Crippen MR) is 118 cm³/mol. The first-order valence-corrected chi connectivity index (χ1v) is 8.55. The van der Waals surface area contributed by atoms with Gasteiger partial charge < -0.3 is 20.1 Å². The maximum atomic E-state index is 5.69. The Bertz CT molecular complexity index is 678. The number of guanidine groups is 1. The third kappa shape index (κ3) is 7.11. The fraction of sp³-hybridized carbons (Fsp3) is 0.350. The van der Waals surface area contributed by atoms with Gasteiger partial charge in [0, 0.05) is 20.1 Å².